The summed E-state index contributed by atoms with van der Waals surface area (Å²) in [6, 6.07) is 8.64. The average Bonchev–Trinajstić information content (AvgIpc) is 2.34. The molecule has 0 aliphatic heterocycles. The molecule has 0 radical (unpaired) electrons. The van der Waals surface area contributed by atoms with Crippen molar-refractivity contribution in [3.63, 3.8) is 0 Å². The molecule has 0 spiro atoms. The highest BCUT2D eigenvalue weighted by Crippen LogP contribution is 2.07. The second-order valence-electron chi connectivity index (χ2n) is 4.93. The van der Waals surface area contributed by atoms with E-state index >= 15 is 0 Å². The predicted octanol–water partition coefficient (Wildman–Crippen LogP) is 1.62. The molecule has 1 aromatic rings. The van der Waals surface area contributed by atoms with Crippen molar-refractivity contribution in [3.05, 3.63) is 35.4 Å². The van der Waals surface area contributed by atoms with Crippen LogP contribution in [0.2, 0.25) is 0 Å². The van der Waals surface area contributed by atoms with E-state index in [0.717, 1.165) is 25.9 Å². The van der Waals surface area contributed by atoms with E-state index in [-0.39, 0.29) is 0 Å². The second kappa shape index (κ2) is 7.62. The standard InChI is InChI=1S/C14H24N2O2S/c1-4-13-6-8-14(9-7-13)12-16(2)11-5-10-15-19(3,17)18/h6-9,15H,4-5,10-12H2,1-3H3. The SMILES string of the molecule is CCc1ccc(CN(C)CCCNS(C)(=O)=O)cc1. The van der Waals surface area contributed by atoms with Crippen LogP contribution in [0.25, 0.3) is 0 Å². The zero-order valence-electron chi connectivity index (χ0n) is 12.0. The molecule has 0 amide bonds. The minimum atomic E-state index is -3.06. The number of sulfonamides is 1. The lowest BCUT2D eigenvalue weighted by Gasteiger charge is -2.16. The van der Waals surface area contributed by atoms with Gasteiger partial charge in [0.25, 0.3) is 0 Å². The van der Waals surface area contributed by atoms with Gasteiger partial charge in [0.05, 0.1) is 6.26 Å². The number of nitrogens with one attached hydrogen (secondary N) is 1. The van der Waals surface area contributed by atoms with Crippen LogP contribution >= 0.6 is 0 Å². The van der Waals surface area contributed by atoms with Crippen molar-refractivity contribution in [2.45, 2.75) is 26.3 Å². The Hall–Kier alpha value is -0.910. The molecule has 0 unspecified atom stereocenters. The Labute approximate surface area is 116 Å². The molecule has 0 saturated heterocycles. The summed E-state index contributed by atoms with van der Waals surface area (Å²) in [6.45, 7) is 4.41. The Morgan fingerprint density at radius 2 is 1.74 bits per heavy atom. The molecule has 5 heteroatoms. The van der Waals surface area contributed by atoms with Gasteiger partial charge in [-0.15, -0.1) is 0 Å². The zero-order chi connectivity index (χ0) is 14.3. The monoisotopic (exact) mass is 284 g/mol. The number of hydrogen-bond donors (Lipinski definition) is 1. The van der Waals surface area contributed by atoms with Gasteiger partial charge in [-0.3, -0.25) is 0 Å². The fourth-order valence-electron chi connectivity index (χ4n) is 1.88. The zero-order valence-corrected chi connectivity index (χ0v) is 12.8. The Bertz CT molecular complexity index is 469. The number of hydrogen-bond acceptors (Lipinski definition) is 3. The van der Waals surface area contributed by atoms with Crippen molar-refractivity contribution >= 4 is 10.0 Å². The third-order valence-corrected chi connectivity index (χ3v) is 3.69. The molecule has 0 bridgehead atoms. The molecule has 1 N–H and O–H groups in total. The van der Waals surface area contributed by atoms with Crippen LogP contribution in [0.1, 0.15) is 24.5 Å². The van der Waals surface area contributed by atoms with Gasteiger partial charge < -0.3 is 4.90 Å². The first kappa shape index (κ1) is 16.1. The van der Waals surface area contributed by atoms with Crippen molar-refractivity contribution in [3.8, 4) is 0 Å². The van der Waals surface area contributed by atoms with Crippen LogP contribution < -0.4 is 4.72 Å². The molecule has 0 aromatic heterocycles. The predicted molar refractivity (Wildman–Crippen MR) is 79.6 cm³/mol. The lowest BCUT2D eigenvalue weighted by atomic mass is 10.1. The van der Waals surface area contributed by atoms with Crippen LogP contribution in [0, 0.1) is 0 Å². The van der Waals surface area contributed by atoms with Crippen LogP contribution in [0.3, 0.4) is 0 Å². The van der Waals surface area contributed by atoms with Crippen molar-refractivity contribution < 1.29 is 8.42 Å². The van der Waals surface area contributed by atoms with E-state index in [1.165, 1.54) is 17.4 Å². The van der Waals surface area contributed by atoms with E-state index in [9.17, 15) is 8.42 Å². The quantitative estimate of drug-likeness (QED) is 0.738. The van der Waals surface area contributed by atoms with E-state index in [1.807, 2.05) is 7.05 Å². The summed E-state index contributed by atoms with van der Waals surface area (Å²) in [5.74, 6) is 0. The highest BCUT2D eigenvalue weighted by molar-refractivity contribution is 7.88. The number of aryl methyl sites for hydroxylation is 1. The van der Waals surface area contributed by atoms with Gasteiger partial charge in [0.1, 0.15) is 0 Å². The van der Waals surface area contributed by atoms with E-state index in [4.69, 9.17) is 0 Å². The number of nitrogens with zero attached hydrogens (tertiary/aromatic N) is 1. The molecule has 19 heavy (non-hydrogen) atoms. The molecular weight excluding hydrogens is 260 g/mol. The number of rotatable bonds is 8. The van der Waals surface area contributed by atoms with Gasteiger partial charge in [-0.2, -0.15) is 0 Å². The maximum Gasteiger partial charge on any atom is 0.208 e. The third-order valence-electron chi connectivity index (χ3n) is 2.96. The second-order valence-corrected chi connectivity index (χ2v) is 6.76. The summed E-state index contributed by atoms with van der Waals surface area (Å²) in [7, 11) is -1.01. The molecule has 108 valence electrons. The first-order chi connectivity index (χ1) is 8.90. The van der Waals surface area contributed by atoms with Crippen molar-refractivity contribution in [1.82, 2.24) is 9.62 Å². The Kier molecular flexibility index (Phi) is 6.48. The summed E-state index contributed by atoms with van der Waals surface area (Å²) < 4.78 is 24.3. The molecule has 1 rings (SSSR count). The molecule has 4 nitrogen and oxygen atoms in total. The maximum atomic E-state index is 10.9. The van der Waals surface area contributed by atoms with Gasteiger partial charge in [0.2, 0.25) is 10.0 Å². The highest BCUT2D eigenvalue weighted by Gasteiger charge is 2.02. The topological polar surface area (TPSA) is 49.4 Å². The molecular formula is C14H24N2O2S. The molecule has 0 atom stereocenters. The van der Waals surface area contributed by atoms with E-state index in [0.29, 0.717) is 6.54 Å². The molecule has 1 aromatic carbocycles. The first-order valence-corrected chi connectivity index (χ1v) is 8.51. The lowest BCUT2D eigenvalue weighted by Crippen LogP contribution is -2.27. The summed E-state index contributed by atoms with van der Waals surface area (Å²) in [6.07, 6.45) is 3.07. The Morgan fingerprint density at radius 3 is 2.26 bits per heavy atom. The fourth-order valence-corrected chi connectivity index (χ4v) is 2.39. The highest BCUT2D eigenvalue weighted by atomic mass is 32.2. The van der Waals surface area contributed by atoms with Crippen LogP contribution in [-0.2, 0) is 23.0 Å². The molecule has 0 heterocycles. The van der Waals surface area contributed by atoms with Gasteiger partial charge in [0, 0.05) is 13.1 Å². The molecule has 0 aliphatic carbocycles. The molecule has 0 saturated carbocycles. The van der Waals surface area contributed by atoms with Crippen molar-refractivity contribution in [2.24, 2.45) is 0 Å². The Morgan fingerprint density at radius 1 is 1.16 bits per heavy atom. The van der Waals surface area contributed by atoms with Crippen LogP contribution in [0.15, 0.2) is 24.3 Å². The maximum absolute atomic E-state index is 10.9. The van der Waals surface area contributed by atoms with Crippen LogP contribution in [0.5, 0.6) is 0 Å². The van der Waals surface area contributed by atoms with Gasteiger partial charge in [-0.25, -0.2) is 13.1 Å². The third kappa shape index (κ3) is 7.30. The van der Waals surface area contributed by atoms with Crippen LogP contribution in [-0.4, -0.2) is 39.7 Å². The fraction of sp³-hybridized carbons (Fsp3) is 0.571. The normalized spacial score (nSPS) is 12.0. The van der Waals surface area contributed by atoms with Crippen molar-refractivity contribution in [1.29, 1.82) is 0 Å². The summed E-state index contributed by atoms with van der Waals surface area (Å²) in [4.78, 5) is 2.20. The van der Waals surface area contributed by atoms with Gasteiger partial charge in [-0.05, 0) is 37.6 Å². The van der Waals surface area contributed by atoms with Gasteiger partial charge in [-0.1, -0.05) is 31.2 Å². The molecule has 0 fully saturated rings. The summed E-state index contributed by atoms with van der Waals surface area (Å²) in [5, 5.41) is 0. The van der Waals surface area contributed by atoms with Crippen molar-refractivity contribution in [2.75, 3.05) is 26.4 Å². The first-order valence-electron chi connectivity index (χ1n) is 6.61. The summed E-state index contributed by atoms with van der Waals surface area (Å²) in [5.41, 5.74) is 2.64. The Balaban J connectivity index is 2.28. The largest absolute Gasteiger partial charge is 0.302 e. The smallest absolute Gasteiger partial charge is 0.208 e. The summed E-state index contributed by atoms with van der Waals surface area (Å²) >= 11 is 0. The minimum Gasteiger partial charge on any atom is -0.302 e. The van der Waals surface area contributed by atoms with Gasteiger partial charge in [0.15, 0.2) is 0 Å². The van der Waals surface area contributed by atoms with Crippen LogP contribution in [0.4, 0.5) is 0 Å². The van der Waals surface area contributed by atoms with E-state index in [1.54, 1.807) is 0 Å². The van der Waals surface area contributed by atoms with E-state index in [2.05, 4.69) is 40.8 Å². The van der Waals surface area contributed by atoms with E-state index < -0.39 is 10.0 Å². The lowest BCUT2D eigenvalue weighted by molar-refractivity contribution is 0.322. The average molecular weight is 284 g/mol. The van der Waals surface area contributed by atoms with Gasteiger partial charge >= 0.3 is 0 Å². The number of benzene rings is 1. The molecule has 0 aliphatic rings. The minimum absolute atomic E-state index is 0.498.